The molecule has 0 aliphatic carbocycles. The van der Waals surface area contributed by atoms with Crippen molar-refractivity contribution < 1.29 is 101 Å². The molecule has 0 amide bonds. The molecule has 48 heteroatoms. The van der Waals surface area contributed by atoms with Gasteiger partial charge in [0, 0.05) is 0 Å². The average Bonchev–Trinajstić information content (AvgIpc) is 0.969. The fourth-order valence-electron chi connectivity index (χ4n) is 15.4. The quantitative estimate of drug-likeness (QED) is 0.206. The van der Waals surface area contributed by atoms with Crippen LogP contribution in [0.3, 0.4) is 0 Å². The Labute approximate surface area is 647 Å². The Balaban J connectivity index is 1.75. The molecule has 0 aromatic heterocycles. The first-order chi connectivity index (χ1) is 44.6. The lowest BCUT2D eigenvalue weighted by Crippen LogP contribution is -2.65. The van der Waals surface area contributed by atoms with Crippen molar-refractivity contribution in [2.75, 3.05) is 43.6 Å². The third-order valence-corrected chi connectivity index (χ3v) is 108. The average molecular weight is 1860 g/mol. The molecule has 6 atom stereocenters. The van der Waals surface area contributed by atoms with Crippen molar-refractivity contribution in [1.29, 1.82) is 0 Å². The Bertz CT molecular complexity index is 2770. The van der Waals surface area contributed by atoms with Gasteiger partial charge in [-0.15, -0.1) is 0 Å². The molecule has 4 aliphatic heterocycles. The van der Waals surface area contributed by atoms with Crippen LogP contribution in [0.5, 0.6) is 0 Å². The maximum Gasteiger partial charge on any atom is 0.325 e. The Morgan fingerprint density at radius 1 is 0.147 bits per heavy atom. The zero-order chi connectivity index (χ0) is 79.5. The van der Waals surface area contributed by atoms with Gasteiger partial charge in [0.05, 0.1) is 43.6 Å². The van der Waals surface area contributed by atoms with E-state index in [9.17, 15) is 0 Å². The van der Waals surface area contributed by atoms with E-state index in [1.165, 1.54) is 0 Å². The van der Waals surface area contributed by atoms with Crippen LogP contribution in [0.4, 0.5) is 0 Å². The van der Waals surface area contributed by atoms with Gasteiger partial charge >= 0.3 is 146 Å². The topological polar surface area (TPSA) is 222 Å². The normalized spacial score (nSPS) is 37.4. The highest BCUT2D eigenvalue weighted by atomic mass is 28.5. The van der Waals surface area contributed by atoms with E-state index in [0.29, 0.717) is 73.5 Å². The van der Waals surface area contributed by atoms with Crippen molar-refractivity contribution in [2.45, 2.75) is 305 Å². The minimum atomic E-state index is -3.13. The molecule has 4 heterocycles. The maximum atomic E-state index is 7.81. The zero-order valence-corrected chi connectivity index (χ0v) is 96.3. The van der Waals surface area contributed by atoms with Crippen molar-refractivity contribution in [2.24, 2.45) is 0 Å². The highest BCUT2D eigenvalue weighted by molar-refractivity contribution is 7.00. The molecule has 0 spiro atoms. The Morgan fingerprint density at radius 2 is 0.343 bits per heavy atom. The molecular formula is C54H150O24Si24. The zero-order valence-electron chi connectivity index (χ0n) is 72.3. The Hall–Kier alpha value is 4.25. The summed E-state index contributed by atoms with van der Waals surface area (Å²) in [4.78, 5) is 0. The van der Waals surface area contributed by atoms with Crippen LogP contribution in [0.25, 0.3) is 0 Å². The fraction of sp³-hybridized carbons (Fsp3) is 1.00. The van der Waals surface area contributed by atoms with E-state index in [-0.39, 0.29) is 0 Å². The second kappa shape index (κ2) is 33.7. The monoisotopic (exact) mass is 1850 g/mol. The molecule has 0 radical (unpaired) electrons. The van der Waals surface area contributed by atoms with Crippen molar-refractivity contribution >= 4 is 204 Å². The minimum Gasteiger partial charge on any atom is -0.435 e. The Morgan fingerprint density at radius 3 is 0.676 bits per heavy atom. The first-order valence-corrected chi connectivity index (χ1v) is 105. The van der Waals surface area contributed by atoms with Crippen LogP contribution in [0.2, 0.25) is 305 Å². The van der Waals surface area contributed by atoms with Crippen LogP contribution in [0.1, 0.15) is 0 Å². The van der Waals surface area contributed by atoms with E-state index in [4.69, 9.17) is 101 Å². The van der Waals surface area contributed by atoms with Gasteiger partial charge in [0.25, 0.3) is 0 Å². The van der Waals surface area contributed by atoms with Gasteiger partial charge in [-0.05, 0) is 305 Å². The SMILES string of the molecule is C[Si]1(C)CO[Si](C)(CC[Si]2(C)CO[Si](C)(C)O[Si](C)(C[Si]3(C)CO[Si](C)(C)O[Si](C)(C)O[Si](C)(CC[Si]4(C)O[Si](C)(C)O[Si](C)(C)CO[Si](C)(C)O[Si](C)(C)O[Si](C)(C)O4)CO[Si](C)(C)O[Si](C)(C)O3)CO[Si](C)(C)O[Si](C)(C)O[Si](C)(C)O2)O[Si](C)(C)O[Si](C)(C)O[Si](C)(C)O[Si](C)(C)CO1. The summed E-state index contributed by atoms with van der Waals surface area (Å²) >= 11 is 0. The summed E-state index contributed by atoms with van der Waals surface area (Å²) in [6, 6.07) is 2.66. The predicted octanol–water partition coefficient (Wildman–Crippen LogP) is 16.3. The molecule has 0 aromatic rings. The van der Waals surface area contributed by atoms with Gasteiger partial charge < -0.3 is 101 Å². The van der Waals surface area contributed by atoms with Crippen LogP contribution in [0, 0.1) is 0 Å². The van der Waals surface area contributed by atoms with Crippen LogP contribution >= 0.6 is 0 Å². The van der Waals surface area contributed by atoms with E-state index < -0.39 is 204 Å². The summed E-state index contributed by atoms with van der Waals surface area (Å²) < 4.78 is 174. The number of hydrogen-bond donors (Lipinski definition) is 0. The van der Waals surface area contributed by atoms with Gasteiger partial charge in [0.15, 0.2) is 16.6 Å². The largest absolute Gasteiger partial charge is 0.435 e. The van der Waals surface area contributed by atoms with Gasteiger partial charge in [-0.3, -0.25) is 0 Å². The molecule has 102 heavy (non-hydrogen) atoms. The molecule has 606 valence electrons. The van der Waals surface area contributed by atoms with E-state index in [0.717, 1.165) is 0 Å². The first kappa shape index (κ1) is 98.6. The summed E-state index contributed by atoms with van der Waals surface area (Å²) in [5.74, 6) is 0. The molecule has 4 fully saturated rings. The van der Waals surface area contributed by atoms with Crippen molar-refractivity contribution in [3.8, 4) is 0 Å². The molecule has 4 saturated heterocycles. The second-order valence-electron chi connectivity index (χ2n) is 39.3. The van der Waals surface area contributed by atoms with Crippen LogP contribution in [0.15, 0.2) is 0 Å². The van der Waals surface area contributed by atoms with E-state index in [1.807, 2.05) is 0 Å². The minimum absolute atomic E-state index is 0.342. The van der Waals surface area contributed by atoms with E-state index >= 15 is 0 Å². The second-order valence-corrected chi connectivity index (χ2v) is 129. The summed E-state index contributed by atoms with van der Waals surface area (Å²) in [5.41, 5.74) is 0.616. The number of rotatable bonds is 8. The Kier molecular flexibility index (Phi) is 32.6. The number of hydrogen-bond acceptors (Lipinski definition) is 24. The van der Waals surface area contributed by atoms with Crippen molar-refractivity contribution in [1.82, 2.24) is 0 Å². The lowest BCUT2D eigenvalue weighted by atomic mass is 10.9. The molecule has 4 aliphatic rings. The molecule has 4 rings (SSSR count). The van der Waals surface area contributed by atoms with Crippen LogP contribution in [-0.4, -0.2) is 247 Å². The van der Waals surface area contributed by atoms with Gasteiger partial charge in [-0.2, -0.15) is 0 Å². The highest BCUT2D eigenvalue weighted by Gasteiger charge is 2.59. The molecule has 6 unspecified atom stereocenters. The van der Waals surface area contributed by atoms with E-state index in [2.05, 4.69) is 275 Å². The standard InChI is InChI=1S/C54H150O24Si24/c1-79(2)49-61-101(41,76-95(33,34)71-91(25,26)68-87(17,18)62-80(3,4)47-55-79)45-43-97(37)51-58-86(15,16)72-99(39,52-59-84(11,12)65-89(21,22)69-94(31,32)74-97)54-100(40)53-60-85(13,14)66-92(27,28)73-98(38,50-57-83(9,10)67-93(29,30)75-100)44-46-102(42)77-88(19,20)63-81(5,6)48-56-82(7,8)64-90(23,24)70-96(35,36)78-102/h43-54H2,1-42H3. The summed E-state index contributed by atoms with van der Waals surface area (Å²) in [6.45, 7) is 90.8. The molecule has 0 aromatic carbocycles. The maximum absolute atomic E-state index is 7.81. The van der Waals surface area contributed by atoms with Crippen molar-refractivity contribution in [3.63, 3.8) is 0 Å². The summed E-state index contributed by atoms with van der Waals surface area (Å²) in [7, 11) is -68.6. The van der Waals surface area contributed by atoms with Gasteiger partial charge in [-0.1, -0.05) is 0 Å². The third-order valence-electron chi connectivity index (χ3n) is 16.5. The third kappa shape index (κ3) is 36.2. The van der Waals surface area contributed by atoms with E-state index in [1.54, 1.807) is 0 Å². The van der Waals surface area contributed by atoms with Gasteiger partial charge in [0.2, 0.25) is 41.6 Å². The summed E-state index contributed by atoms with van der Waals surface area (Å²) in [6.07, 6.45) is 2.99. The molecule has 0 bridgehead atoms. The molecule has 0 saturated carbocycles. The fourth-order valence-corrected chi connectivity index (χ4v) is 142. The van der Waals surface area contributed by atoms with Crippen LogP contribution < -0.4 is 0 Å². The molecule has 0 N–H and O–H groups in total. The van der Waals surface area contributed by atoms with Gasteiger partial charge in [0.1, 0.15) is 0 Å². The summed E-state index contributed by atoms with van der Waals surface area (Å²) in [5, 5.41) is 0. The van der Waals surface area contributed by atoms with Crippen LogP contribution in [-0.2, 0) is 101 Å². The molecular weight excluding hydrogens is 1710 g/mol. The van der Waals surface area contributed by atoms with Crippen molar-refractivity contribution in [3.05, 3.63) is 0 Å². The predicted molar refractivity (Wildman–Crippen MR) is 469 cm³/mol. The lowest BCUT2D eigenvalue weighted by Gasteiger charge is -2.48. The molecule has 24 nitrogen and oxygen atoms in total. The van der Waals surface area contributed by atoms with Gasteiger partial charge in [-0.25, -0.2) is 0 Å². The smallest absolute Gasteiger partial charge is 0.325 e. The first-order valence-electron chi connectivity index (χ1n) is 37.0. The lowest BCUT2D eigenvalue weighted by molar-refractivity contribution is 0.215. The highest BCUT2D eigenvalue weighted by Crippen LogP contribution is 2.41.